The lowest BCUT2D eigenvalue weighted by atomic mass is 9.96. The molecular weight excluding hydrogens is 196 g/mol. The Balaban J connectivity index is 2.17. The molecule has 0 amide bonds. The minimum atomic E-state index is 0.502. The third kappa shape index (κ3) is 4.67. The lowest BCUT2D eigenvalue weighted by molar-refractivity contribution is 0.361. The molecule has 1 aliphatic rings. The van der Waals surface area contributed by atoms with Gasteiger partial charge in [0, 0.05) is 12.6 Å². The molecular formula is C14H28N2. The predicted octanol–water partition coefficient (Wildman–Crippen LogP) is 2.84. The molecule has 3 N–H and O–H groups in total. The molecule has 2 atom stereocenters. The van der Waals surface area contributed by atoms with Gasteiger partial charge in [-0.25, -0.2) is 0 Å². The summed E-state index contributed by atoms with van der Waals surface area (Å²) in [7, 11) is 0. The molecule has 0 spiro atoms. The average Bonchev–Trinajstić information content (AvgIpc) is 2.77. The van der Waals surface area contributed by atoms with E-state index in [2.05, 4.69) is 25.2 Å². The number of nitrogens with two attached hydrogens (primary N) is 1. The summed E-state index contributed by atoms with van der Waals surface area (Å²) >= 11 is 0. The summed E-state index contributed by atoms with van der Waals surface area (Å²) in [5.74, 6) is 0.701. The van der Waals surface area contributed by atoms with E-state index in [1.807, 2.05) is 0 Å². The zero-order valence-corrected chi connectivity index (χ0v) is 11.0. The van der Waals surface area contributed by atoms with Crippen LogP contribution in [0.15, 0.2) is 11.6 Å². The summed E-state index contributed by atoms with van der Waals surface area (Å²) in [5.41, 5.74) is 7.47. The van der Waals surface area contributed by atoms with Gasteiger partial charge < -0.3 is 11.1 Å². The highest BCUT2D eigenvalue weighted by molar-refractivity contribution is 5.07. The Morgan fingerprint density at radius 3 is 2.88 bits per heavy atom. The van der Waals surface area contributed by atoms with Crippen molar-refractivity contribution in [2.24, 2.45) is 11.7 Å². The maximum absolute atomic E-state index is 5.82. The molecule has 0 bridgehead atoms. The third-order valence-corrected chi connectivity index (χ3v) is 3.67. The first-order valence-corrected chi connectivity index (χ1v) is 6.89. The van der Waals surface area contributed by atoms with E-state index in [1.54, 1.807) is 5.57 Å². The molecule has 0 saturated carbocycles. The quantitative estimate of drug-likeness (QED) is 0.622. The third-order valence-electron chi connectivity index (χ3n) is 3.67. The lowest BCUT2D eigenvalue weighted by Gasteiger charge is -2.23. The zero-order chi connectivity index (χ0) is 11.8. The topological polar surface area (TPSA) is 38.0 Å². The maximum atomic E-state index is 5.82. The average molecular weight is 224 g/mol. The van der Waals surface area contributed by atoms with Gasteiger partial charge in [-0.15, -0.1) is 0 Å². The molecule has 1 rings (SSSR count). The Morgan fingerprint density at radius 2 is 2.31 bits per heavy atom. The molecule has 0 saturated heterocycles. The summed E-state index contributed by atoms with van der Waals surface area (Å²) in [6.45, 7) is 6.41. The fraction of sp³-hybridized carbons (Fsp3) is 0.857. The Morgan fingerprint density at radius 1 is 1.50 bits per heavy atom. The van der Waals surface area contributed by atoms with Gasteiger partial charge in [0.2, 0.25) is 0 Å². The van der Waals surface area contributed by atoms with Gasteiger partial charge in [0.05, 0.1) is 0 Å². The molecule has 0 heterocycles. The Hall–Kier alpha value is -0.340. The first kappa shape index (κ1) is 13.7. The van der Waals surface area contributed by atoms with E-state index in [0.717, 1.165) is 13.1 Å². The SMILES string of the molecule is CCCC(C)C(CN)NCCC1=CCCC1. The Labute approximate surface area is 101 Å². The molecule has 16 heavy (non-hydrogen) atoms. The maximum Gasteiger partial charge on any atom is 0.0215 e. The van der Waals surface area contributed by atoms with Crippen molar-refractivity contribution in [1.82, 2.24) is 5.32 Å². The summed E-state index contributed by atoms with van der Waals surface area (Å²) in [6.07, 6.45) is 10.1. The van der Waals surface area contributed by atoms with E-state index in [-0.39, 0.29) is 0 Å². The first-order chi connectivity index (χ1) is 7.77. The van der Waals surface area contributed by atoms with Crippen LogP contribution in [0.2, 0.25) is 0 Å². The molecule has 94 valence electrons. The molecule has 2 heteroatoms. The van der Waals surface area contributed by atoms with E-state index in [0.29, 0.717) is 12.0 Å². The van der Waals surface area contributed by atoms with Crippen LogP contribution in [-0.2, 0) is 0 Å². The smallest absolute Gasteiger partial charge is 0.0215 e. The van der Waals surface area contributed by atoms with Crippen LogP contribution in [0.1, 0.15) is 52.4 Å². The molecule has 0 aromatic carbocycles. The number of nitrogens with one attached hydrogen (secondary N) is 1. The van der Waals surface area contributed by atoms with Crippen LogP contribution in [0.5, 0.6) is 0 Å². The highest BCUT2D eigenvalue weighted by Gasteiger charge is 2.14. The highest BCUT2D eigenvalue weighted by atomic mass is 14.9. The number of hydrogen-bond acceptors (Lipinski definition) is 2. The second-order valence-corrected chi connectivity index (χ2v) is 5.07. The van der Waals surface area contributed by atoms with Gasteiger partial charge in [0.1, 0.15) is 0 Å². The molecule has 0 aromatic heterocycles. The Bertz CT molecular complexity index is 211. The predicted molar refractivity (Wildman–Crippen MR) is 71.5 cm³/mol. The van der Waals surface area contributed by atoms with Crippen molar-refractivity contribution in [3.8, 4) is 0 Å². The zero-order valence-electron chi connectivity index (χ0n) is 11.0. The minimum Gasteiger partial charge on any atom is -0.329 e. The lowest BCUT2D eigenvalue weighted by Crippen LogP contribution is -2.41. The minimum absolute atomic E-state index is 0.502. The second-order valence-electron chi connectivity index (χ2n) is 5.07. The van der Waals surface area contributed by atoms with Gasteiger partial charge in [-0.05, 0) is 44.6 Å². The van der Waals surface area contributed by atoms with Crippen molar-refractivity contribution in [3.63, 3.8) is 0 Å². The van der Waals surface area contributed by atoms with Gasteiger partial charge >= 0.3 is 0 Å². The second kappa shape index (κ2) is 7.86. The van der Waals surface area contributed by atoms with Crippen molar-refractivity contribution in [2.75, 3.05) is 13.1 Å². The van der Waals surface area contributed by atoms with Crippen LogP contribution < -0.4 is 11.1 Å². The molecule has 0 fully saturated rings. The molecule has 2 unspecified atom stereocenters. The van der Waals surface area contributed by atoms with Gasteiger partial charge in [-0.3, -0.25) is 0 Å². The van der Waals surface area contributed by atoms with Crippen LogP contribution >= 0.6 is 0 Å². The molecule has 2 nitrogen and oxygen atoms in total. The fourth-order valence-corrected chi connectivity index (χ4v) is 2.56. The molecule has 0 aliphatic heterocycles. The molecule has 1 aliphatic carbocycles. The summed E-state index contributed by atoms with van der Waals surface area (Å²) in [5, 5.41) is 3.62. The normalized spacial score (nSPS) is 19.6. The monoisotopic (exact) mass is 224 g/mol. The van der Waals surface area contributed by atoms with E-state index < -0.39 is 0 Å². The van der Waals surface area contributed by atoms with Crippen LogP contribution in [0.4, 0.5) is 0 Å². The number of allylic oxidation sites excluding steroid dienone is 1. The van der Waals surface area contributed by atoms with Crippen molar-refractivity contribution < 1.29 is 0 Å². The fourth-order valence-electron chi connectivity index (χ4n) is 2.56. The van der Waals surface area contributed by atoms with Crippen molar-refractivity contribution >= 4 is 0 Å². The van der Waals surface area contributed by atoms with Gasteiger partial charge in [-0.2, -0.15) is 0 Å². The van der Waals surface area contributed by atoms with Crippen molar-refractivity contribution in [1.29, 1.82) is 0 Å². The van der Waals surface area contributed by atoms with Gasteiger partial charge in [-0.1, -0.05) is 31.9 Å². The van der Waals surface area contributed by atoms with Crippen LogP contribution in [0.3, 0.4) is 0 Å². The standard InChI is InChI=1S/C14H28N2/c1-3-6-12(2)14(11-15)16-10-9-13-7-4-5-8-13/h7,12,14,16H,3-6,8-11,15H2,1-2H3. The first-order valence-electron chi connectivity index (χ1n) is 6.89. The molecule has 0 aromatic rings. The van der Waals surface area contributed by atoms with E-state index in [1.165, 1.54) is 38.5 Å². The molecule has 0 radical (unpaired) electrons. The highest BCUT2D eigenvalue weighted by Crippen LogP contribution is 2.20. The number of rotatable bonds is 8. The summed E-state index contributed by atoms with van der Waals surface area (Å²) < 4.78 is 0. The van der Waals surface area contributed by atoms with E-state index in [4.69, 9.17) is 5.73 Å². The largest absolute Gasteiger partial charge is 0.329 e. The Kier molecular flexibility index (Phi) is 6.74. The van der Waals surface area contributed by atoms with Crippen molar-refractivity contribution in [3.05, 3.63) is 11.6 Å². The van der Waals surface area contributed by atoms with Gasteiger partial charge in [0.25, 0.3) is 0 Å². The summed E-state index contributed by atoms with van der Waals surface area (Å²) in [6, 6.07) is 0.502. The van der Waals surface area contributed by atoms with E-state index >= 15 is 0 Å². The van der Waals surface area contributed by atoms with Crippen LogP contribution in [0, 0.1) is 5.92 Å². The van der Waals surface area contributed by atoms with Crippen LogP contribution in [0.25, 0.3) is 0 Å². The number of hydrogen-bond donors (Lipinski definition) is 2. The van der Waals surface area contributed by atoms with E-state index in [9.17, 15) is 0 Å². The van der Waals surface area contributed by atoms with Crippen LogP contribution in [-0.4, -0.2) is 19.1 Å². The van der Waals surface area contributed by atoms with Crippen molar-refractivity contribution in [2.45, 2.75) is 58.4 Å². The summed E-state index contributed by atoms with van der Waals surface area (Å²) in [4.78, 5) is 0. The van der Waals surface area contributed by atoms with Gasteiger partial charge in [0.15, 0.2) is 0 Å².